The minimum absolute atomic E-state index is 0.0460. The lowest BCUT2D eigenvalue weighted by molar-refractivity contribution is -0.137. The second-order valence-electron chi connectivity index (χ2n) is 6.84. The van der Waals surface area contributed by atoms with E-state index in [2.05, 4.69) is 5.32 Å². The van der Waals surface area contributed by atoms with Crippen LogP contribution in [0.2, 0.25) is 0 Å². The van der Waals surface area contributed by atoms with Gasteiger partial charge < -0.3 is 15.3 Å². The SMILES string of the molecule is O=C(CCc1cccc(F)c1)Nc1cc(C(=O)N2CC(O)C2)cc(C(F)(F)F)c1. The van der Waals surface area contributed by atoms with Crippen molar-refractivity contribution in [2.75, 3.05) is 18.4 Å². The average Bonchev–Trinajstić information content (AvgIpc) is 2.62. The van der Waals surface area contributed by atoms with Crippen molar-refractivity contribution < 1.29 is 32.3 Å². The van der Waals surface area contributed by atoms with Crippen LogP contribution >= 0.6 is 0 Å². The zero-order valence-electron chi connectivity index (χ0n) is 15.2. The molecule has 1 heterocycles. The first-order valence-corrected chi connectivity index (χ1v) is 8.86. The predicted molar refractivity (Wildman–Crippen MR) is 96.7 cm³/mol. The number of aliphatic hydroxyl groups excluding tert-OH is 1. The Bertz CT molecular complexity index is 924. The first-order chi connectivity index (χ1) is 13.6. The number of β-amino-alcohol motifs (C(OH)–C–C–N with tert-alkyl or cyclic N) is 1. The van der Waals surface area contributed by atoms with Crippen molar-refractivity contribution in [1.29, 1.82) is 0 Å². The zero-order valence-corrected chi connectivity index (χ0v) is 15.2. The van der Waals surface area contributed by atoms with Crippen molar-refractivity contribution in [2.45, 2.75) is 25.1 Å². The molecule has 154 valence electrons. The van der Waals surface area contributed by atoms with Crippen molar-refractivity contribution in [3.63, 3.8) is 0 Å². The van der Waals surface area contributed by atoms with Gasteiger partial charge in [0.15, 0.2) is 0 Å². The van der Waals surface area contributed by atoms with E-state index in [9.17, 15) is 32.3 Å². The van der Waals surface area contributed by atoms with E-state index < -0.39 is 35.5 Å². The minimum atomic E-state index is -4.70. The van der Waals surface area contributed by atoms with E-state index in [1.54, 1.807) is 6.07 Å². The van der Waals surface area contributed by atoms with Gasteiger partial charge in [0.1, 0.15) is 5.82 Å². The van der Waals surface area contributed by atoms with Crippen LogP contribution < -0.4 is 5.32 Å². The van der Waals surface area contributed by atoms with E-state index in [1.165, 1.54) is 29.2 Å². The van der Waals surface area contributed by atoms with Crippen LogP contribution in [0.5, 0.6) is 0 Å². The number of amides is 2. The third-order valence-corrected chi connectivity index (χ3v) is 4.47. The third-order valence-electron chi connectivity index (χ3n) is 4.47. The maximum absolute atomic E-state index is 13.2. The summed E-state index contributed by atoms with van der Waals surface area (Å²) < 4.78 is 52.8. The predicted octanol–water partition coefficient (Wildman–Crippen LogP) is 3.23. The van der Waals surface area contributed by atoms with Gasteiger partial charge in [0.25, 0.3) is 5.91 Å². The molecular formula is C20H18F4N2O3. The third kappa shape index (κ3) is 5.32. The van der Waals surface area contributed by atoms with Crippen LogP contribution in [0, 0.1) is 5.82 Å². The molecule has 2 aromatic rings. The van der Waals surface area contributed by atoms with Crippen LogP contribution in [0.3, 0.4) is 0 Å². The van der Waals surface area contributed by atoms with Gasteiger partial charge in [0.05, 0.1) is 11.7 Å². The van der Waals surface area contributed by atoms with Gasteiger partial charge in [-0.05, 0) is 42.3 Å². The number of halogens is 4. The maximum Gasteiger partial charge on any atom is 0.416 e. The number of likely N-dealkylation sites (tertiary alicyclic amines) is 1. The maximum atomic E-state index is 13.2. The highest BCUT2D eigenvalue weighted by Crippen LogP contribution is 2.32. The number of anilines is 1. The molecule has 2 N–H and O–H groups in total. The Morgan fingerprint density at radius 1 is 1.14 bits per heavy atom. The summed E-state index contributed by atoms with van der Waals surface area (Å²) in [5.41, 5.74) is -0.873. The first-order valence-electron chi connectivity index (χ1n) is 8.86. The number of alkyl halides is 3. The van der Waals surface area contributed by atoms with E-state index in [0.29, 0.717) is 5.56 Å². The van der Waals surface area contributed by atoms with Crippen molar-refractivity contribution >= 4 is 17.5 Å². The fourth-order valence-electron chi connectivity index (χ4n) is 2.96. The molecule has 0 saturated carbocycles. The molecular weight excluding hydrogens is 392 g/mol. The van der Waals surface area contributed by atoms with Crippen LogP contribution in [0.25, 0.3) is 0 Å². The van der Waals surface area contributed by atoms with Crippen molar-refractivity contribution in [3.05, 3.63) is 65.0 Å². The quantitative estimate of drug-likeness (QED) is 0.744. The normalized spacial score (nSPS) is 14.4. The zero-order chi connectivity index (χ0) is 21.2. The van der Waals surface area contributed by atoms with Gasteiger partial charge in [-0.3, -0.25) is 9.59 Å². The molecule has 2 aromatic carbocycles. The van der Waals surface area contributed by atoms with Gasteiger partial charge in [-0.1, -0.05) is 12.1 Å². The standard InChI is InChI=1S/C20H18F4N2O3/c21-15-3-1-2-12(6-15)4-5-18(28)25-16-8-13(7-14(9-16)20(22,23)24)19(29)26-10-17(27)11-26/h1-3,6-9,17,27H,4-5,10-11H2,(H,25,28). The molecule has 0 atom stereocenters. The number of nitrogens with zero attached hydrogens (tertiary/aromatic N) is 1. The number of aliphatic hydroxyl groups is 1. The average molecular weight is 410 g/mol. The van der Waals surface area contributed by atoms with Crippen LogP contribution in [0.4, 0.5) is 23.2 Å². The van der Waals surface area contributed by atoms with E-state index in [-0.39, 0.29) is 37.2 Å². The second kappa shape index (κ2) is 8.20. The smallest absolute Gasteiger partial charge is 0.389 e. The summed E-state index contributed by atoms with van der Waals surface area (Å²) in [6, 6.07) is 8.32. The number of benzene rings is 2. The summed E-state index contributed by atoms with van der Waals surface area (Å²) in [4.78, 5) is 25.7. The highest BCUT2D eigenvalue weighted by molar-refractivity contribution is 5.98. The number of carbonyl (C=O) groups excluding carboxylic acids is 2. The van der Waals surface area contributed by atoms with Crippen LogP contribution in [0.15, 0.2) is 42.5 Å². The van der Waals surface area contributed by atoms with Gasteiger partial charge in [-0.2, -0.15) is 13.2 Å². The summed E-state index contributed by atoms with van der Waals surface area (Å²) in [6.45, 7) is 0.0921. The van der Waals surface area contributed by atoms with Crippen molar-refractivity contribution in [3.8, 4) is 0 Å². The molecule has 1 fully saturated rings. The molecule has 0 spiro atoms. The molecule has 1 aliphatic rings. The summed E-state index contributed by atoms with van der Waals surface area (Å²) >= 11 is 0. The number of carbonyl (C=O) groups is 2. The number of hydrogen-bond acceptors (Lipinski definition) is 3. The fourth-order valence-corrected chi connectivity index (χ4v) is 2.96. The van der Waals surface area contributed by atoms with Crippen LogP contribution in [0.1, 0.15) is 27.9 Å². The van der Waals surface area contributed by atoms with Gasteiger partial charge in [0.2, 0.25) is 5.91 Å². The Morgan fingerprint density at radius 3 is 2.48 bits per heavy atom. The molecule has 0 bridgehead atoms. The summed E-state index contributed by atoms with van der Waals surface area (Å²) in [5, 5.41) is 11.7. The van der Waals surface area contributed by atoms with E-state index >= 15 is 0 Å². The Balaban J connectivity index is 1.74. The van der Waals surface area contributed by atoms with Gasteiger partial charge in [-0.25, -0.2) is 4.39 Å². The lowest BCUT2D eigenvalue weighted by atomic mass is 10.0. The molecule has 29 heavy (non-hydrogen) atoms. The first kappa shape index (κ1) is 20.8. The van der Waals surface area contributed by atoms with Crippen LogP contribution in [-0.2, 0) is 17.4 Å². The number of nitrogens with one attached hydrogen (secondary N) is 1. The highest BCUT2D eigenvalue weighted by atomic mass is 19.4. The summed E-state index contributed by atoms with van der Waals surface area (Å²) in [7, 11) is 0. The van der Waals surface area contributed by atoms with Gasteiger partial charge in [0, 0.05) is 30.8 Å². The van der Waals surface area contributed by atoms with E-state index in [0.717, 1.165) is 12.1 Å². The number of rotatable bonds is 5. The van der Waals surface area contributed by atoms with Crippen LogP contribution in [-0.4, -0.2) is 41.0 Å². The lowest BCUT2D eigenvalue weighted by Gasteiger charge is -2.36. The topological polar surface area (TPSA) is 69.6 Å². The molecule has 2 amide bonds. The summed E-state index contributed by atoms with van der Waals surface area (Å²) in [5.74, 6) is -1.66. The monoisotopic (exact) mass is 410 g/mol. The second-order valence-corrected chi connectivity index (χ2v) is 6.84. The van der Waals surface area contributed by atoms with Gasteiger partial charge in [-0.15, -0.1) is 0 Å². The Hall–Kier alpha value is -2.94. The molecule has 5 nitrogen and oxygen atoms in total. The Labute approximate surface area is 163 Å². The van der Waals surface area contributed by atoms with Crippen molar-refractivity contribution in [1.82, 2.24) is 4.90 Å². The molecule has 0 aliphatic carbocycles. The van der Waals surface area contributed by atoms with Crippen molar-refractivity contribution in [2.24, 2.45) is 0 Å². The van der Waals surface area contributed by atoms with E-state index in [4.69, 9.17) is 0 Å². The lowest BCUT2D eigenvalue weighted by Crippen LogP contribution is -2.53. The molecule has 3 rings (SSSR count). The van der Waals surface area contributed by atoms with E-state index in [1.807, 2.05) is 0 Å². The minimum Gasteiger partial charge on any atom is -0.389 e. The molecule has 0 aromatic heterocycles. The molecule has 1 saturated heterocycles. The largest absolute Gasteiger partial charge is 0.416 e. The molecule has 0 radical (unpaired) electrons. The number of aryl methyl sites for hydroxylation is 1. The Morgan fingerprint density at radius 2 is 1.86 bits per heavy atom. The summed E-state index contributed by atoms with van der Waals surface area (Å²) in [6.07, 6.45) is -5.25. The molecule has 1 aliphatic heterocycles. The molecule has 0 unspecified atom stereocenters. The molecule has 9 heteroatoms. The highest BCUT2D eigenvalue weighted by Gasteiger charge is 2.34. The Kier molecular flexibility index (Phi) is 5.88. The fraction of sp³-hybridized carbons (Fsp3) is 0.300. The van der Waals surface area contributed by atoms with Gasteiger partial charge >= 0.3 is 6.18 Å². The number of hydrogen-bond donors (Lipinski definition) is 2.